The lowest BCUT2D eigenvalue weighted by atomic mass is 10.0. The van der Waals surface area contributed by atoms with Crippen molar-refractivity contribution in [3.8, 4) is 0 Å². The smallest absolute Gasteiger partial charge is 0.128 e. The molecule has 0 unspecified atom stereocenters. The Hall–Kier alpha value is -1.38. The van der Waals surface area contributed by atoms with Gasteiger partial charge in [-0.2, -0.15) is 0 Å². The molecule has 1 aliphatic heterocycles. The van der Waals surface area contributed by atoms with Gasteiger partial charge in [0.2, 0.25) is 0 Å². The minimum atomic E-state index is -0.249. The van der Waals surface area contributed by atoms with Crippen LogP contribution in [0.15, 0.2) is 23.3 Å². The molecule has 12 heavy (non-hydrogen) atoms. The lowest BCUT2D eigenvalue weighted by Gasteiger charge is -2.13. The van der Waals surface area contributed by atoms with Crippen LogP contribution < -0.4 is 5.73 Å². The van der Waals surface area contributed by atoms with Crippen molar-refractivity contribution < 1.29 is 0 Å². The SMILES string of the molecule is CC1(C)N=C(N)c2cccnc21. The number of hydrogen-bond acceptors (Lipinski definition) is 3. The van der Waals surface area contributed by atoms with Gasteiger partial charge < -0.3 is 5.73 Å². The molecule has 3 nitrogen and oxygen atoms in total. The van der Waals surface area contributed by atoms with Crippen molar-refractivity contribution in [3.63, 3.8) is 0 Å². The summed E-state index contributed by atoms with van der Waals surface area (Å²) in [5, 5.41) is 0. The Kier molecular flexibility index (Phi) is 1.25. The topological polar surface area (TPSA) is 51.3 Å². The molecule has 0 aromatic carbocycles. The maximum Gasteiger partial charge on any atom is 0.128 e. The zero-order valence-corrected chi connectivity index (χ0v) is 7.20. The Labute approximate surface area is 71.3 Å². The van der Waals surface area contributed by atoms with Crippen molar-refractivity contribution in [2.45, 2.75) is 19.4 Å². The minimum absolute atomic E-state index is 0.249. The van der Waals surface area contributed by atoms with E-state index in [-0.39, 0.29) is 5.54 Å². The van der Waals surface area contributed by atoms with Crippen LogP contribution in [0.4, 0.5) is 0 Å². The first-order valence-corrected chi connectivity index (χ1v) is 3.92. The highest BCUT2D eigenvalue weighted by molar-refractivity contribution is 6.01. The summed E-state index contributed by atoms with van der Waals surface area (Å²) in [5.74, 6) is 0.600. The number of rotatable bonds is 0. The summed E-state index contributed by atoms with van der Waals surface area (Å²) in [4.78, 5) is 8.59. The molecule has 2 N–H and O–H groups in total. The molecule has 0 radical (unpaired) electrons. The van der Waals surface area contributed by atoms with Crippen LogP contribution in [-0.4, -0.2) is 10.8 Å². The molecule has 0 amide bonds. The Bertz CT molecular complexity index is 353. The molecule has 2 heterocycles. The van der Waals surface area contributed by atoms with Crippen LogP contribution in [0.25, 0.3) is 0 Å². The number of amidine groups is 1. The van der Waals surface area contributed by atoms with E-state index in [1.807, 2.05) is 26.0 Å². The first kappa shape index (κ1) is 7.28. The normalized spacial score (nSPS) is 18.7. The number of nitrogens with two attached hydrogens (primary N) is 1. The van der Waals surface area contributed by atoms with E-state index in [0.717, 1.165) is 11.3 Å². The fourth-order valence-electron chi connectivity index (χ4n) is 1.51. The fraction of sp³-hybridized carbons (Fsp3) is 0.333. The molecule has 0 aliphatic carbocycles. The molecule has 0 saturated carbocycles. The van der Waals surface area contributed by atoms with Crippen LogP contribution in [-0.2, 0) is 5.54 Å². The lowest BCUT2D eigenvalue weighted by Crippen LogP contribution is -2.12. The van der Waals surface area contributed by atoms with Gasteiger partial charge in [0.25, 0.3) is 0 Å². The maximum atomic E-state index is 5.73. The Morgan fingerprint density at radius 1 is 1.42 bits per heavy atom. The lowest BCUT2D eigenvalue weighted by molar-refractivity contribution is 0.552. The third-order valence-corrected chi connectivity index (χ3v) is 2.06. The van der Waals surface area contributed by atoms with Crippen LogP contribution in [0, 0.1) is 0 Å². The van der Waals surface area contributed by atoms with E-state index in [1.165, 1.54) is 0 Å². The van der Waals surface area contributed by atoms with Gasteiger partial charge in [-0.25, -0.2) is 0 Å². The molecule has 0 saturated heterocycles. The molecule has 0 fully saturated rings. The van der Waals surface area contributed by atoms with Crippen molar-refractivity contribution >= 4 is 5.84 Å². The standard InChI is InChI=1S/C9H11N3/c1-9(2)7-6(8(10)12-9)4-3-5-11-7/h3-5H,1-2H3,(H2,10,12). The van der Waals surface area contributed by atoms with Gasteiger partial charge in [0.05, 0.1) is 5.69 Å². The molecule has 2 rings (SSSR count). The summed E-state index contributed by atoms with van der Waals surface area (Å²) in [5.41, 5.74) is 7.43. The highest BCUT2D eigenvalue weighted by Crippen LogP contribution is 2.31. The van der Waals surface area contributed by atoms with E-state index >= 15 is 0 Å². The summed E-state index contributed by atoms with van der Waals surface area (Å²) in [6, 6.07) is 3.83. The van der Waals surface area contributed by atoms with Gasteiger partial charge in [-0.05, 0) is 26.0 Å². The molecule has 62 valence electrons. The molecule has 0 bridgehead atoms. The number of hydrogen-bond donors (Lipinski definition) is 1. The summed E-state index contributed by atoms with van der Waals surface area (Å²) in [6.45, 7) is 4.03. The molecule has 1 aliphatic rings. The van der Waals surface area contributed by atoms with E-state index in [1.54, 1.807) is 6.20 Å². The van der Waals surface area contributed by atoms with Crippen molar-refractivity contribution in [1.29, 1.82) is 0 Å². The van der Waals surface area contributed by atoms with Gasteiger partial charge in [-0.15, -0.1) is 0 Å². The Morgan fingerprint density at radius 2 is 2.17 bits per heavy atom. The second-order valence-corrected chi connectivity index (χ2v) is 3.46. The summed E-state index contributed by atoms with van der Waals surface area (Å²) in [7, 11) is 0. The van der Waals surface area contributed by atoms with Gasteiger partial charge in [0.15, 0.2) is 0 Å². The number of nitrogens with zero attached hydrogens (tertiary/aromatic N) is 2. The summed E-state index contributed by atoms with van der Waals surface area (Å²) in [6.07, 6.45) is 1.77. The van der Waals surface area contributed by atoms with Gasteiger partial charge in [0, 0.05) is 11.8 Å². The van der Waals surface area contributed by atoms with Crippen LogP contribution >= 0.6 is 0 Å². The minimum Gasteiger partial charge on any atom is -0.383 e. The van der Waals surface area contributed by atoms with Crippen LogP contribution in [0.3, 0.4) is 0 Å². The monoisotopic (exact) mass is 161 g/mol. The zero-order chi connectivity index (χ0) is 8.77. The average Bonchev–Trinajstić information content (AvgIpc) is 2.25. The molecular formula is C9H11N3. The van der Waals surface area contributed by atoms with Crippen molar-refractivity contribution in [2.75, 3.05) is 0 Å². The van der Waals surface area contributed by atoms with E-state index in [4.69, 9.17) is 5.73 Å². The van der Waals surface area contributed by atoms with E-state index < -0.39 is 0 Å². The predicted molar refractivity (Wildman–Crippen MR) is 48.0 cm³/mol. The second-order valence-electron chi connectivity index (χ2n) is 3.46. The number of aromatic nitrogens is 1. The molecule has 0 spiro atoms. The number of aliphatic imine (C=N–C) groups is 1. The Balaban J connectivity index is 2.68. The number of fused-ring (bicyclic) bond motifs is 1. The molecule has 1 aromatic heterocycles. The third kappa shape index (κ3) is 0.826. The average molecular weight is 161 g/mol. The first-order chi connectivity index (χ1) is 5.61. The van der Waals surface area contributed by atoms with E-state index in [0.29, 0.717) is 5.84 Å². The third-order valence-electron chi connectivity index (χ3n) is 2.06. The fourth-order valence-corrected chi connectivity index (χ4v) is 1.51. The highest BCUT2D eigenvalue weighted by atomic mass is 15.0. The summed E-state index contributed by atoms with van der Waals surface area (Å²) >= 11 is 0. The Morgan fingerprint density at radius 3 is 2.83 bits per heavy atom. The maximum absolute atomic E-state index is 5.73. The first-order valence-electron chi connectivity index (χ1n) is 3.92. The number of pyridine rings is 1. The van der Waals surface area contributed by atoms with Gasteiger partial charge in [0.1, 0.15) is 11.4 Å². The van der Waals surface area contributed by atoms with Crippen molar-refractivity contribution in [1.82, 2.24) is 4.98 Å². The highest BCUT2D eigenvalue weighted by Gasteiger charge is 2.31. The van der Waals surface area contributed by atoms with Crippen LogP contribution in [0.2, 0.25) is 0 Å². The largest absolute Gasteiger partial charge is 0.383 e. The van der Waals surface area contributed by atoms with Crippen molar-refractivity contribution in [3.05, 3.63) is 29.6 Å². The zero-order valence-electron chi connectivity index (χ0n) is 7.20. The second kappa shape index (κ2) is 2.06. The van der Waals surface area contributed by atoms with Gasteiger partial charge in [-0.3, -0.25) is 9.98 Å². The molecular weight excluding hydrogens is 150 g/mol. The van der Waals surface area contributed by atoms with Gasteiger partial charge >= 0.3 is 0 Å². The van der Waals surface area contributed by atoms with E-state index in [2.05, 4.69) is 9.98 Å². The van der Waals surface area contributed by atoms with Gasteiger partial charge in [-0.1, -0.05) is 0 Å². The quantitative estimate of drug-likeness (QED) is 0.618. The molecule has 3 heteroatoms. The van der Waals surface area contributed by atoms with Crippen LogP contribution in [0.1, 0.15) is 25.1 Å². The molecule has 1 aromatic rings. The van der Waals surface area contributed by atoms with E-state index in [9.17, 15) is 0 Å². The summed E-state index contributed by atoms with van der Waals surface area (Å²) < 4.78 is 0. The van der Waals surface area contributed by atoms with Crippen LogP contribution in [0.5, 0.6) is 0 Å². The van der Waals surface area contributed by atoms with Crippen molar-refractivity contribution in [2.24, 2.45) is 10.7 Å². The predicted octanol–water partition coefficient (Wildman–Crippen LogP) is 1.04. The molecule has 0 atom stereocenters.